The van der Waals surface area contributed by atoms with Gasteiger partial charge in [0, 0.05) is 19.1 Å². The Hall–Kier alpha value is -0.810. The maximum absolute atomic E-state index is 11.3. The van der Waals surface area contributed by atoms with Crippen molar-refractivity contribution in [3.8, 4) is 0 Å². The molecule has 0 aliphatic carbocycles. The lowest BCUT2D eigenvalue weighted by Gasteiger charge is -2.20. The smallest absolute Gasteiger partial charge is 0.407 e. The van der Waals surface area contributed by atoms with Crippen LogP contribution in [0.25, 0.3) is 0 Å². The van der Waals surface area contributed by atoms with E-state index in [1.54, 1.807) is 0 Å². The maximum Gasteiger partial charge on any atom is 0.407 e. The van der Waals surface area contributed by atoms with Crippen molar-refractivity contribution in [2.24, 2.45) is 5.73 Å². The van der Waals surface area contributed by atoms with Crippen molar-refractivity contribution in [3.63, 3.8) is 0 Å². The molecule has 100 valence electrons. The van der Waals surface area contributed by atoms with Crippen LogP contribution >= 0.6 is 0 Å². The summed E-state index contributed by atoms with van der Waals surface area (Å²) in [5.41, 5.74) is 5.39. The van der Waals surface area contributed by atoms with E-state index in [2.05, 4.69) is 10.2 Å². The largest absolute Gasteiger partial charge is 0.444 e. The fourth-order valence-electron chi connectivity index (χ4n) is 1.87. The average molecular weight is 243 g/mol. The SMILES string of the molecule is CC(C)(C)OC(=O)NCCCN1CC[C@@H](N)C1. The summed E-state index contributed by atoms with van der Waals surface area (Å²) in [6.45, 7) is 9.28. The summed E-state index contributed by atoms with van der Waals surface area (Å²) in [5.74, 6) is 0. The Morgan fingerprint density at radius 2 is 2.24 bits per heavy atom. The normalized spacial score (nSPS) is 21.5. The van der Waals surface area contributed by atoms with Gasteiger partial charge in [-0.05, 0) is 46.7 Å². The van der Waals surface area contributed by atoms with Crippen molar-refractivity contribution in [3.05, 3.63) is 0 Å². The number of hydrogen-bond donors (Lipinski definition) is 2. The monoisotopic (exact) mass is 243 g/mol. The zero-order valence-electron chi connectivity index (χ0n) is 11.2. The average Bonchev–Trinajstić information content (AvgIpc) is 2.56. The first-order valence-electron chi connectivity index (χ1n) is 6.31. The Bertz CT molecular complexity index is 251. The fourth-order valence-corrected chi connectivity index (χ4v) is 1.87. The van der Waals surface area contributed by atoms with E-state index in [9.17, 15) is 4.79 Å². The molecule has 0 aromatic carbocycles. The number of rotatable bonds is 4. The third-order valence-electron chi connectivity index (χ3n) is 2.63. The van der Waals surface area contributed by atoms with Crippen LogP contribution in [0.4, 0.5) is 4.79 Å². The van der Waals surface area contributed by atoms with E-state index in [-0.39, 0.29) is 6.09 Å². The summed E-state index contributed by atoms with van der Waals surface area (Å²) < 4.78 is 5.14. The van der Waals surface area contributed by atoms with Gasteiger partial charge < -0.3 is 20.7 Å². The molecule has 0 radical (unpaired) electrons. The van der Waals surface area contributed by atoms with Gasteiger partial charge >= 0.3 is 6.09 Å². The van der Waals surface area contributed by atoms with E-state index in [4.69, 9.17) is 10.5 Å². The first-order valence-corrected chi connectivity index (χ1v) is 6.31. The van der Waals surface area contributed by atoms with Gasteiger partial charge in [0.05, 0.1) is 0 Å². The van der Waals surface area contributed by atoms with Gasteiger partial charge in [0.2, 0.25) is 0 Å². The zero-order valence-corrected chi connectivity index (χ0v) is 11.2. The first-order chi connectivity index (χ1) is 7.87. The minimum atomic E-state index is -0.425. The molecule has 0 aromatic rings. The molecular weight excluding hydrogens is 218 g/mol. The van der Waals surface area contributed by atoms with Gasteiger partial charge in [-0.25, -0.2) is 4.79 Å². The molecule has 1 saturated heterocycles. The molecule has 17 heavy (non-hydrogen) atoms. The van der Waals surface area contributed by atoms with Crippen LogP contribution in [0.2, 0.25) is 0 Å². The Balaban J connectivity index is 2.02. The number of nitrogens with zero attached hydrogens (tertiary/aromatic N) is 1. The van der Waals surface area contributed by atoms with Crippen LogP contribution < -0.4 is 11.1 Å². The lowest BCUT2D eigenvalue weighted by Crippen LogP contribution is -2.34. The number of carbonyl (C=O) groups is 1. The molecule has 3 N–H and O–H groups in total. The number of hydrogen-bond acceptors (Lipinski definition) is 4. The van der Waals surface area contributed by atoms with Gasteiger partial charge in [0.25, 0.3) is 0 Å². The molecule has 0 unspecified atom stereocenters. The molecular formula is C12H25N3O2. The highest BCUT2D eigenvalue weighted by Crippen LogP contribution is 2.07. The van der Waals surface area contributed by atoms with Crippen molar-refractivity contribution in [2.75, 3.05) is 26.2 Å². The molecule has 1 amide bonds. The highest BCUT2D eigenvalue weighted by Gasteiger charge is 2.18. The van der Waals surface area contributed by atoms with E-state index in [1.807, 2.05) is 20.8 Å². The Kier molecular flexibility index (Phi) is 5.21. The fraction of sp³-hybridized carbons (Fsp3) is 0.917. The Morgan fingerprint density at radius 3 is 2.76 bits per heavy atom. The second-order valence-electron chi connectivity index (χ2n) is 5.63. The third kappa shape index (κ3) is 6.48. The molecule has 1 fully saturated rings. The predicted octanol–water partition coefficient (Wildman–Crippen LogP) is 0.934. The summed E-state index contributed by atoms with van der Waals surface area (Å²) >= 11 is 0. The first kappa shape index (κ1) is 14.3. The number of likely N-dealkylation sites (tertiary alicyclic amines) is 1. The van der Waals surface area contributed by atoms with Crippen molar-refractivity contribution in [1.82, 2.24) is 10.2 Å². The third-order valence-corrected chi connectivity index (χ3v) is 2.63. The number of amides is 1. The highest BCUT2D eigenvalue weighted by atomic mass is 16.6. The maximum atomic E-state index is 11.3. The molecule has 5 heteroatoms. The van der Waals surface area contributed by atoms with Gasteiger partial charge in [-0.15, -0.1) is 0 Å². The topological polar surface area (TPSA) is 67.6 Å². The number of nitrogens with two attached hydrogens (primary N) is 1. The van der Waals surface area contributed by atoms with Crippen molar-refractivity contribution < 1.29 is 9.53 Å². The van der Waals surface area contributed by atoms with Gasteiger partial charge in [0.1, 0.15) is 5.60 Å². The molecule has 0 spiro atoms. The molecule has 1 atom stereocenters. The number of nitrogens with one attached hydrogen (secondary N) is 1. The van der Waals surface area contributed by atoms with Gasteiger partial charge in [-0.2, -0.15) is 0 Å². The van der Waals surface area contributed by atoms with Crippen LogP contribution in [0, 0.1) is 0 Å². The van der Waals surface area contributed by atoms with E-state index < -0.39 is 5.60 Å². The van der Waals surface area contributed by atoms with E-state index in [0.29, 0.717) is 12.6 Å². The number of alkyl carbamates (subject to hydrolysis) is 1. The molecule has 1 aliphatic heterocycles. The number of ether oxygens (including phenoxy) is 1. The second-order valence-corrected chi connectivity index (χ2v) is 5.63. The van der Waals surface area contributed by atoms with Crippen LogP contribution in [-0.4, -0.2) is 48.8 Å². The van der Waals surface area contributed by atoms with Crippen LogP contribution in [0.1, 0.15) is 33.6 Å². The minimum Gasteiger partial charge on any atom is -0.444 e. The summed E-state index contributed by atoms with van der Waals surface area (Å²) in [4.78, 5) is 13.7. The quantitative estimate of drug-likeness (QED) is 0.721. The van der Waals surface area contributed by atoms with E-state index >= 15 is 0 Å². The Labute approximate surface area is 104 Å². The van der Waals surface area contributed by atoms with Crippen LogP contribution in [0.15, 0.2) is 0 Å². The molecule has 5 nitrogen and oxygen atoms in total. The molecule has 0 saturated carbocycles. The van der Waals surface area contributed by atoms with Gasteiger partial charge in [-0.3, -0.25) is 0 Å². The molecule has 0 aromatic heterocycles. The van der Waals surface area contributed by atoms with Crippen LogP contribution in [-0.2, 0) is 4.74 Å². The lowest BCUT2D eigenvalue weighted by molar-refractivity contribution is 0.0526. The van der Waals surface area contributed by atoms with Gasteiger partial charge in [-0.1, -0.05) is 0 Å². The van der Waals surface area contributed by atoms with Crippen LogP contribution in [0.5, 0.6) is 0 Å². The molecule has 1 rings (SSSR count). The minimum absolute atomic E-state index is 0.328. The predicted molar refractivity (Wildman–Crippen MR) is 67.9 cm³/mol. The highest BCUT2D eigenvalue weighted by molar-refractivity contribution is 5.67. The van der Waals surface area contributed by atoms with Crippen LogP contribution in [0.3, 0.4) is 0 Å². The van der Waals surface area contributed by atoms with Crippen molar-refractivity contribution in [2.45, 2.75) is 45.3 Å². The van der Waals surface area contributed by atoms with Crippen molar-refractivity contribution in [1.29, 1.82) is 0 Å². The molecule has 0 bridgehead atoms. The molecule has 1 heterocycles. The Morgan fingerprint density at radius 1 is 1.53 bits per heavy atom. The van der Waals surface area contributed by atoms with Gasteiger partial charge in [0.15, 0.2) is 0 Å². The second kappa shape index (κ2) is 6.21. The zero-order chi connectivity index (χ0) is 12.9. The summed E-state index contributed by atoms with van der Waals surface area (Å²) in [7, 11) is 0. The number of carbonyl (C=O) groups excluding carboxylic acids is 1. The van der Waals surface area contributed by atoms with Crippen molar-refractivity contribution >= 4 is 6.09 Å². The van der Waals surface area contributed by atoms with E-state index in [0.717, 1.165) is 32.5 Å². The summed E-state index contributed by atoms with van der Waals surface area (Å²) in [5, 5.41) is 2.76. The summed E-state index contributed by atoms with van der Waals surface area (Å²) in [6, 6.07) is 0.328. The summed E-state index contributed by atoms with van der Waals surface area (Å²) in [6.07, 6.45) is 1.68. The lowest BCUT2D eigenvalue weighted by atomic mass is 10.2. The standard InChI is InChI=1S/C12H25N3O2/c1-12(2,3)17-11(16)14-6-4-7-15-8-5-10(13)9-15/h10H,4-9,13H2,1-3H3,(H,14,16)/t10-/m1/s1. The van der Waals surface area contributed by atoms with E-state index in [1.165, 1.54) is 0 Å². The molecule has 1 aliphatic rings.